The molecule has 1 aromatic carbocycles. The Morgan fingerprint density at radius 1 is 1.24 bits per heavy atom. The number of Topliss-reactive ketones (excluding diaryl/α,β-unsaturated/α-hetero) is 1. The van der Waals surface area contributed by atoms with Gasteiger partial charge in [-0.05, 0) is 37.5 Å². The highest BCUT2D eigenvalue weighted by molar-refractivity contribution is 5.96. The molecule has 2 atom stereocenters. The van der Waals surface area contributed by atoms with Gasteiger partial charge in [0.2, 0.25) is 0 Å². The van der Waals surface area contributed by atoms with E-state index in [1.54, 1.807) is 19.1 Å². The van der Waals surface area contributed by atoms with Crippen molar-refractivity contribution in [3.05, 3.63) is 35.6 Å². The fourth-order valence-corrected chi connectivity index (χ4v) is 3.09. The van der Waals surface area contributed by atoms with Gasteiger partial charge in [-0.1, -0.05) is 12.1 Å². The topological polar surface area (TPSA) is 72.9 Å². The maximum Gasteiger partial charge on any atom is 0.409 e. The van der Waals surface area contributed by atoms with Crippen LogP contribution in [0.1, 0.15) is 37.8 Å². The molecule has 136 valence electrons. The number of carbonyl (C=O) groups excluding carboxylic acids is 3. The quantitative estimate of drug-likeness (QED) is 0.602. The molecule has 1 saturated heterocycles. The highest BCUT2D eigenvalue weighted by Crippen LogP contribution is 2.35. The molecule has 1 aliphatic rings. The Morgan fingerprint density at radius 3 is 2.52 bits per heavy atom. The second-order valence-electron chi connectivity index (χ2n) is 5.90. The van der Waals surface area contributed by atoms with Crippen LogP contribution in [-0.2, 0) is 19.1 Å². The smallest absolute Gasteiger partial charge is 0.409 e. The highest BCUT2D eigenvalue weighted by atomic mass is 19.1. The van der Waals surface area contributed by atoms with E-state index in [2.05, 4.69) is 0 Å². The summed E-state index contributed by atoms with van der Waals surface area (Å²) in [6, 6.07) is 5.41. The van der Waals surface area contributed by atoms with Crippen LogP contribution >= 0.6 is 0 Å². The van der Waals surface area contributed by atoms with Gasteiger partial charge < -0.3 is 14.4 Å². The third-order valence-electron chi connectivity index (χ3n) is 4.35. The molecule has 0 aromatic heterocycles. The number of amides is 1. The zero-order valence-electron chi connectivity index (χ0n) is 14.4. The van der Waals surface area contributed by atoms with Gasteiger partial charge in [-0.3, -0.25) is 9.59 Å². The molecule has 1 amide bonds. The van der Waals surface area contributed by atoms with E-state index >= 15 is 0 Å². The molecule has 0 aliphatic carbocycles. The lowest BCUT2D eigenvalue weighted by atomic mass is 9.84. The number of hydrogen-bond acceptors (Lipinski definition) is 5. The maximum absolute atomic E-state index is 13.2. The Kier molecular flexibility index (Phi) is 6.50. The van der Waals surface area contributed by atoms with Crippen molar-refractivity contribution in [2.45, 2.75) is 32.2 Å². The van der Waals surface area contributed by atoms with E-state index in [4.69, 9.17) is 9.47 Å². The monoisotopic (exact) mass is 351 g/mol. The Bertz CT molecular complexity index is 631. The molecular formula is C18H22FNO5. The standard InChI is InChI=1S/C18H22FNO5/c1-3-25-17(22)11-16(21)13-8-9-20(18(23)24-2)15(10-13)12-4-6-14(19)7-5-12/h4-7,13,15H,3,8-11H2,1-2H3/t13-,15-/m0/s1. The summed E-state index contributed by atoms with van der Waals surface area (Å²) in [5.41, 5.74) is 0.723. The fourth-order valence-electron chi connectivity index (χ4n) is 3.09. The first-order valence-corrected chi connectivity index (χ1v) is 8.24. The molecule has 7 heteroatoms. The molecule has 2 rings (SSSR count). The van der Waals surface area contributed by atoms with E-state index in [1.165, 1.54) is 24.1 Å². The Hall–Kier alpha value is -2.44. The number of likely N-dealkylation sites (tertiary alicyclic amines) is 1. The molecule has 25 heavy (non-hydrogen) atoms. The number of rotatable bonds is 5. The molecule has 1 aliphatic heterocycles. The first-order valence-electron chi connectivity index (χ1n) is 8.24. The van der Waals surface area contributed by atoms with Gasteiger partial charge in [0, 0.05) is 12.5 Å². The molecule has 0 bridgehead atoms. The molecule has 0 unspecified atom stereocenters. The summed E-state index contributed by atoms with van der Waals surface area (Å²) in [5, 5.41) is 0. The van der Waals surface area contributed by atoms with Gasteiger partial charge in [0.05, 0.1) is 19.8 Å². The van der Waals surface area contributed by atoms with Crippen molar-refractivity contribution in [2.24, 2.45) is 5.92 Å². The van der Waals surface area contributed by atoms with Crippen LogP contribution in [0.2, 0.25) is 0 Å². The zero-order chi connectivity index (χ0) is 18.4. The average molecular weight is 351 g/mol. The molecule has 0 radical (unpaired) electrons. The lowest BCUT2D eigenvalue weighted by molar-refractivity contribution is -0.146. The minimum Gasteiger partial charge on any atom is -0.466 e. The fraction of sp³-hybridized carbons (Fsp3) is 0.500. The summed E-state index contributed by atoms with van der Waals surface area (Å²) in [6.07, 6.45) is 0.0438. The molecule has 6 nitrogen and oxygen atoms in total. The van der Waals surface area contributed by atoms with Crippen molar-refractivity contribution in [1.82, 2.24) is 4.90 Å². The molecule has 0 saturated carbocycles. The number of carbonyl (C=O) groups is 3. The number of nitrogens with zero attached hydrogens (tertiary/aromatic N) is 1. The second kappa shape index (κ2) is 8.60. The van der Waals surface area contributed by atoms with Gasteiger partial charge in [-0.25, -0.2) is 9.18 Å². The lowest BCUT2D eigenvalue weighted by Crippen LogP contribution is -2.42. The van der Waals surface area contributed by atoms with Crippen LogP contribution in [0.25, 0.3) is 0 Å². The number of esters is 1. The molecule has 1 aromatic rings. The van der Waals surface area contributed by atoms with Crippen LogP contribution in [0.4, 0.5) is 9.18 Å². The van der Waals surface area contributed by atoms with Gasteiger partial charge in [-0.2, -0.15) is 0 Å². The van der Waals surface area contributed by atoms with Gasteiger partial charge in [0.25, 0.3) is 0 Å². The predicted octanol–water partition coefficient (Wildman–Crippen LogP) is 2.87. The van der Waals surface area contributed by atoms with Gasteiger partial charge in [0.15, 0.2) is 0 Å². The van der Waals surface area contributed by atoms with E-state index in [0.29, 0.717) is 19.4 Å². The van der Waals surface area contributed by atoms with E-state index in [-0.39, 0.29) is 30.5 Å². The van der Waals surface area contributed by atoms with Crippen LogP contribution in [0.5, 0.6) is 0 Å². The summed E-state index contributed by atoms with van der Waals surface area (Å²) in [4.78, 5) is 37.5. The number of ketones is 1. The number of benzene rings is 1. The average Bonchev–Trinajstić information content (AvgIpc) is 2.61. The van der Waals surface area contributed by atoms with Crippen molar-refractivity contribution < 1.29 is 28.2 Å². The lowest BCUT2D eigenvalue weighted by Gasteiger charge is -2.38. The third-order valence-corrected chi connectivity index (χ3v) is 4.35. The SMILES string of the molecule is CCOC(=O)CC(=O)[C@H]1CCN(C(=O)OC)[C@H](c2ccc(F)cc2)C1. The molecule has 1 fully saturated rings. The van der Waals surface area contributed by atoms with Crippen LogP contribution in [0, 0.1) is 11.7 Å². The van der Waals surface area contributed by atoms with Crippen LogP contribution in [0.3, 0.4) is 0 Å². The van der Waals surface area contributed by atoms with E-state index in [9.17, 15) is 18.8 Å². The highest BCUT2D eigenvalue weighted by Gasteiger charge is 2.36. The van der Waals surface area contributed by atoms with E-state index in [0.717, 1.165) is 5.56 Å². The van der Waals surface area contributed by atoms with Crippen molar-refractivity contribution in [3.8, 4) is 0 Å². The van der Waals surface area contributed by atoms with Crippen LogP contribution in [-0.4, -0.2) is 43.0 Å². The van der Waals surface area contributed by atoms with Crippen molar-refractivity contribution in [3.63, 3.8) is 0 Å². The number of piperidine rings is 1. The summed E-state index contributed by atoms with van der Waals surface area (Å²) in [6.45, 7) is 2.24. The third kappa shape index (κ3) is 4.78. The molecular weight excluding hydrogens is 329 g/mol. The van der Waals surface area contributed by atoms with Gasteiger partial charge >= 0.3 is 12.1 Å². The first kappa shape index (κ1) is 18.9. The minimum atomic E-state index is -0.541. The summed E-state index contributed by atoms with van der Waals surface area (Å²) < 4.78 is 22.8. The van der Waals surface area contributed by atoms with Gasteiger partial charge in [0.1, 0.15) is 18.0 Å². The van der Waals surface area contributed by atoms with Crippen molar-refractivity contribution in [2.75, 3.05) is 20.3 Å². The van der Waals surface area contributed by atoms with E-state index in [1.807, 2.05) is 0 Å². The second-order valence-corrected chi connectivity index (χ2v) is 5.90. The molecule has 1 heterocycles. The Balaban J connectivity index is 2.15. The summed E-state index contributed by atoms with van der Waals surface area (Å²) in [7, 11) is 1.29. The van der Waals surface area contributed by atoms with E-state index < -0.39 is 18.1 Å². The minimum absolute atomic E-state index is 0.199. The predicted molar refractivity (Wildman–Crippen MR) is 87.2 cm³/mol. The van der Waals surface area contributed by atoms with Crippen LogP contribution in [0.15, 0.2) is 24.3 Å². The van der Waals surface area contributed by atoms with Crippen molar-refractivity contribution >= 4 is 17.8 Å². The Labute approximate surface area is 145 Å². The number of ether oxygens (including phenoxy) is 2. The number of methoxy groups -OCH3 is 1. The summed E-state index contributed by atoms with van der Waals surface area (Å²) in [5.74, 6) is -1.48. The zero-order valence-corrected chi connectivity index (χ0v) is 14.4. The largest absolute Gasteiger partial charge is 0.466 e. The molecule has 0 N–H and O–H groups in total. The Morgan fingerprint density at radius 2 is 1.92 bits per heavy atom. The van der Waals surface area contributed by atoms with Crippen molar-refractivity contribution in [1.29, 1.82) is 0 Å². The number of halogens is 1. The first-order chi connectivity index (χ1) is 12.0. The normalized spacial score (nSPS) is 20.0. The summed E-state index contributed by atoms with van der Waals surface area (Å²) >= 11 is 0. The molecule has 0 spiro atoms. The van der Waals surface area contributed by atoms with Crippen LogP contribution < -0.4 is 0 Å². The number of hydrogen-bond donors (Lipinski definition) is 0. The van der Waals surface area contributed by atoms with Gasteiger partial charge in [-0.15, -0.1) is 0 Å². The maximum atomic E-state index is 13.2.